The molecule has 3 aromatic rings. The number of hydrogen-bond acceptors (Lipinski definition) is 6. The SMILES string of the molecule is COc1cccc2c1C(=O)c1c(O)c(OC)c3cc(C)cc(OC)c3c1C2=O. The monoisotopic (exact) mass is 378 g/mol. The number of hydrogen-bond donors (Lipinski definition) is 1. The Balaban J connectivity index is 2.23. The standard InChI is InChI=1S/C22H18O6/c1-10-8-12-15(14(9-10)27-3)17-18(21(25)22(12)28-4)20(24)16-11(19(17)23)6-5-7-13(16)26-2/h5-9,25H,1-4H3. The van der Waals surface area contributed by atoms with Crippen molar-refractivity contribution in [2.75, 3.05) is 21.3 Å². The molecule has 0 unspecified atom stereocenters. The molecular weight excluding hydrogens is 360 g/mol. The van der Waals surface area contributed by atoms with Gasteiger partial charge < -0.3 is 19.3 Å². The lowest BCUT2D eigenvalue weighted by atomic mass is 9.80. The van der Waals surface area contributed by atoms with E-state index >= 15 is 0 Å². The fourth-order valence-corrected chi connectivity index (χ4v) is 3.87. The van der Waals surface area contributed by atoms with Crippen molar-refractivity contribution in [2.24, 2.45) is 0 Å². The van der Waals surface area contributed by atoms with Crippen molar-refractivity contribution >= 4 is 22.3 Å². The molecule has 1 aliphatic rings. The number of benzene rings is 3. The Bertz CT molecular complexity index is 1180. The number of fused-ring (bicyclic) bond motifs is 4. The van der Waals surface area contributed by atoms with Crippen LogP contribution in [0.2, 0.25) is 0 Å². The predicted octanol–water partition coefficient (Wildman–Crippen LogP) is 3.66. The molecule has 3 aromatic carbocycles. The maximum atomic E-state index is 13.4. The number of carbonyl (C=O) groups excluding carboxylic acids is 2. The summed E-state index contributed by atoms with van der Waals surface area (Å²) in [5.74, 6) is -0.424. The zero-order chi connectivity index (χ0) is 20.2. The minimum absolute atomic E-state index is 0.103. The van der Waals surface area contributed by atoms with Gasteiger partial charge >= 0.3 is 0 Å². The molecule has 6 heteroatoms. The van der Waals surface area contributed by atoms with Crippen molar-refractivity contribution in [2.45, 2.75) is 6.92 Å². The van der Waals surface area contributed by atoms with Crippen molar-refractivity contribution in [3.63, 3.8) is 0 Å². The summed E-state index contributed by atoms with van der Waals surface area (Å²) >= 11 is 0. The summed E-state index contributed by atoms with van der Waals surface area (Å²) in [4.78, 5) is 26.8. The van der Waals surface area contributed by atoms with Crippen molar-refractivity contribution in [1.29, 1.82) is 0 Å². The highest BCUT2D eigenvalue weighted by molar-refractivity contribution is 6.35. The van der Waals surface area contributed by atoms with Crippen LogP contribution < -0.4 is 14.2 Å². The summed E-state index contributed by atoms with van der Waals surface area (Å²) < 4.78 is 16.2. The molecule has 0 spiro atoms. The molecule has 0 fully saturated rings. The van der Waals surface area contributed by atoms with Gasteiger partial charge in [-0.15, -0.1) is 0 Å². The number of ketones is 2. The number of aromatic hydroxyl groups is 1. The number of carbonyl (C=O) groups is 2. The molecule has 0 aromatic heterocycles. The molecule has 0 bridgehead atoms. The van der Waals surface area contributed by atoms with Gasteiger partial charge in [-0.2, -0.15) is 0 Å². The second-order valence-corrected chi connectivity index (χ2v) is 6.56. The topological polar surface area (TPSA) is 82.1 Å². The van der Waals surface area contributed by atoms with Crippen LogP contribution in [0, 0.1) is 6.92 Å². The molecule has 0 heterocycles. The van der Waals surface area contributed by atoms with Gasteiger partial charge in [-0.25, -0.2) is 0 Å². The summed E-state index contributed by atoms with van der Waals surface area (Å²) in [6, 6.07) is 8.40. The van der Waals surface area contributed by atoms with Gasteiger partial charge in [0.25, 0.3) is 0 Å². The van der Waals surface area contributed by atoms with E-state index in [-0.39, 0.29) is 45.3 Å². The molecule has 6 nitrogen and oxygen atoms in total. The number of phenolic OH excluding ortho intramolecular Hbond substituents is 1. The molecule has 0 amide bonds. The van der Waals surface area contributed by atoms with E-state index in [4.69, 9.17) is 14.2 Å². The van der Waals surface area contributed by atoms with E-state index in [1.54, 1.807) is 30.3 Å². The average Bonchev–Trinajstić information content (AvgIpc) is 2.70. The first-order valence-corrected chi connectivity index (χ1v) is 8.62. The second kappa shape index (κ2) is 6.27. The molecule has 0 atom stereocenters. The molecule has 0 saturated heterocycles. The molecular formula is C22H18O6. The summed E-state index contributed by atoms with van der Waals surface area (Å²) in [6.07, 6.45) is 0. The van der Waals surface area contributed by atoms with Crippen LogP contribution in [-0.4, -0.2) is 38.0 Å². The molecule has 1 N–H and O–H groups in total. The Hall–Kier alpha value is -3.54. The quantitative estimate of drug-likeness (QED) is 0.586. The van der Waals surface area contributed by atoms with Gasteiger partial charge in [0.1, 0.15) is 11.5 Å². The Morgan fingerprint density at radius 1 is 0.821 bits per heavy atom. The number of methoxy groups -OCH3 is 3. The Morgan fingerprint density at radius 2 is 1.54 bits per heavy atom. The Labute approximate surface area is 161 Å². The van der Waals surface area contributed by atoms with Crippen LogP contribution in [0.1, 0.15) is 37.4 Å². The van der Waals surface area contributed by atoms with Crippen LogP contribution in [0.15, 0.2) is 30.3 Å². The third-order valence-corrected chi connectivity index (χ3v) is 5.04. The summed E-state index contributed by atoms with van der Waals surface area (Å²) in [6.45, 7) is 1.87. The molecule has 0 saturated carbocycles. The van der Waals surface area contributed by atoms with E-state index in [9.17, 15) is 14.7 Å². The van der Waals surface area contributed by atoms with Crippen molar-refractivity contribution in [3.8, 4) is 23.0 Å². The number of rotatable bonds is 3. The van der Waals surface area contributed by atoms with Gasteiger partial charge in [-0.1, -0.05) is 12.1 Å². The summed E-state index contributed by atoms with van der Waals surface area (Å²) in [5, 5.41) is 11.8. The van der Waals surface area contributed by atoms with E-state index < -0.39 is 5.78 Å². The third kappa shape index (κ3) is 2.21. The van der Waals surface area contributed by atoms with Gasteiger partial charge in [0, 0.05) is 21.9 Å². The van der Waals surface area contributed by atoms with E-state index in [2.05, 4.69) is 0 Å². The fourth-order valence-electron chi connectivity index (χ4n) is 3.87. The van der Waals surface area contributed by atoms with Gasteiger partial charge in [-0.05, 0) is 30.7 Å². The normalized spacial score (nSPS) is 12.6. The number of phenols is 1. The lowest BCUT2D eigenvalue weighted by Crippen LogP contribution is -2.22. The van der Waals surface area contributed by atoms with Crippen molar-refractivity contribution < 1.29 is 28.9 Å². The van der Waals surface area contributed by atoms with Crippen LogP contribution in [-0.2, 0) is 0 Å². The van der Waals surface area contributed by atoms with Gasteiger partial charge in [0.15, 0.2) is 17.3 Å². The van der Waals surface area contributed by atoms with Crippen molar-refractivity contribution in [1.82, 2.24) is 0 Å². The molecule has 142 valence electrons. The molecule has 0 aliphatic heterocycles. The number of aryl methyl sites for hydroxylation is 1. The lowest BCUT2D eigenvalue weighted by molar-refractivity contribution is 0.0975. The van der Waals surface area contributed by atoms with Crippen LogP contribution in [0.5, 0.6) is 23.0 Å². The predicted molar refractivity (Wildman–Crippen MR) is 103 cm³/mol. The first kappa shape index (κ1) is 17.9. The summed E-state index contributed by atoms with van der Waals surface area (Å²) in [5.41, 5.74) is 1.22. The van der Waals surface area contributed by atoms with E-state index in [0.717, 1.165) is 5.56 Å². The van der Waals surface area contributed by atoms with E-state index in [1.165, 1.54) is 21.3 Å². The molecule has 0 radical (unpaired) electrons. The molecule has 4 rings (SSSR count). The van der Waals surface area contributed by atoms with Gasteiger partial charge in [-0.3, -0.25) is 9.59 Å². The highest BCUT2D eigenvalue weighted by Crippen LogP contribution is 2.49. The van der Waals surface area contributed by atoms with Crippen molar-refractivity contribution in [3.05, 3.63) is 58.1 Å². The molecule has 1 aliphatic carbocycles. The Kier molecular flexibility index (Phi) is 4.00. The van der Waals surface area contributed by atoms with Gasteiger partial charge in [0.2, 0.25) is 5.78 Å². The average molecular weight is 378 g/mol. The third-order valence-electron chi connectivity index (χ3n) is 5.04. The first-order valence-electron chi connectivity index (χ1n) is 8.62. The maximum absolute atomic E-state index is 13.4. The number of ether oxygens (including phenoxy) is 3. The largest absolute Gasteiger partial charge is 0.504 e. The van der Waals surface area contributed by atoms with E-state index in [1.807, 2.05) is 6.92 Å². The lowest BCUT2D eigenvalue weighted by Gasteiger charge is -2.24. The van der Waals surface area contributed by atoms with Gasteiger partial charge in [0.05, 0.1) is 32.5 Å². The zero-order valence-electron chi connectivity index (χ0n) is 15.9. The van der Waals surface area contributed by atoms with E-state index in [0.29, 0.717) is 16.5 Å². The smallest absolute Gasteiger partial charge is 0.202 e. The Morgan fingerprint density at radius 3 is 2.18 bits per heavy atom. The minimum Gasteiger partial charge on any atom is -0.504 e. The van der Waals surface area contributed by atoms with Crippen LogP contribution >= 0.6 is 0 Å². The van der Waals surface area contributed by atoms with Crippen LogP contribution in [0.4, 0.5) is 0 Å². The highest BCUT2D eigenvalue weighted by Gasteiger charge is 2.38. The first-order chi connectivity index (χ1) is 13.4. The second-order valence-electron chi connectivity index (χ2n) is 6.56. The highest BCUT2D eigenvalue weighted by atomic mass is 16.5. The molecule has 28 heavy (non-hydrogen) atoms. The fraction of sp³-hybridized carbons (Fsp3) is 0.182. The maximum Gasteiger partial charge on any atom is 0.202 e. The van der Waals surface area contributed by atoms with Crippen LogP contribution in [0.3, 0.4) is 0 Å². The zero-order valence-corrected chi connectivity index (χ0v) is 15.9. The summed E-state index contributed by atoms with van der Waals surface area (Å²) in [7, 11) is 4.32. The minimum atomic E-state index is -0.498. The van der Waals surface area contributed by atoms with Crippen LogP contribution in [0.25, 0.3) is 10.8 Å².